The molecule has 1 saturated carbocycles. The van der Waals surface area contributed by atoms with Crippen LogP contribution in [0.2, 0.25) is 0 Å². The molecule has 3 atom stereocenters. The minimum Gasteiger partial charge on any atom is -0.313 e. The van der Waals surface area contributed by atoms with Crippen molar-refractivity contribution < 1.29 is 0 Å². The largest absolute Gasteiger partial charge is 0.313 e. The fraction of sp³-hybridized carbons (Fsp3) is 0.500. The van der Waals surface area contributed by atoms with Crippen molar-refractivity contribution in [1.82, 2.24) is 5.32 Å². The second-order valence-corrected chi connectivity index (χ2v) is 7.05. The first-order chi connectivity index (χ1) is 10.2. The summed E-state index contributed by atoms with van der Waals surface area (Å²) in [5.74, 6) is 2.47. The zero-order valence-corrected chi connectivity index (χ0v) is 13.5. The minimum absolute atomic E-state index is 0.486. The fourth-order valence-electron chi connectivity index (χ4n) is 4.36. The lowest BCUT2D eigenvalue weighted by atomic mass is 9.72. The minimum atomic E-state index is 0.486. The third kappa shape index (κ3) is 3.13. The van der Waals surface area contributed by atoms with Gasteiger partial charge in [0.25, 0.3) is 0 Å². The Bertz CT molecular complexity index is 594. The molecule has 1 N–H and O–H groups in total. The maximum Gasteiger partial charge on any atom is 0.0346 e. The van der Waals surface area contributed by atoms with E-state index in [1.54, 1.807) is 0 Å². The van der Waals surface area contributed by atoms with E-state index in [1.807, 2.05) is 0 Å². The Kier molecular flexibility index (Phi) is 4.30. The summed E-state index contributed by atoms with van der Waals surface area (Å²) in [5.41, 5.74) is 1.45. The molecule has 0 amide bonds. The van der Waals surface area contributed by atoms with E-state index in [2.05, 4.69) is 68.7 Å². The zero-order valence-electron chi connectivity index (χ0n) is 13.5. The van der Waals surface area contributed by atoms with Gasteiger partial charge in [-0.3, -0.25) is 0 Å². The molecule has 1 aliphatic rings. The summed E-state index contributed by atoms with van der Waals surface area (Å²) in [5, 5.41) is 6.28. The van der Waals surface area contributed by atoms with Gasteiger partial charge in [-0.25, -0.2) is 0 Å². The molecule has 0 spiro atoms. The summed E-state index contributed by atoms with van der Waals surface area (Å²) in [7, 11) is 2.11. The molecule has 1 nitrogen and oxygen atoms in total. The van der Waals surface area contributed by atoms with Crippen LogP contribution in [-0.2, 0) is 0 Å². The van der Waals surface area contributed by atoms with E-state index in [4.69, 9.17) is 0 Å². The molecule has 112 valence electrons. The van der Waals surface area contributed by atoms with Gasteiger partial charge in [0.1, 0.15) is 0 Å². The molecule has 1 aliphatic carbocycles. The van der Waals surface area contributed by atoms with Crippen LogP contribution in [0, 0.1) is 17.8 Å². The van der Waals surface area contributed by atoms with Gasteiger partial charge in [-0.2, -0.15) is 0 Å². The highest BCUT2D eigenvalue weighted by molar-refractivity contribution is 5.83. The van der Waals surface area contributed by atoms with Gasteiger partial charge in [0, 0.05) is 6.04 Å². The summed E-state index contributed by atoms with van der Waals surface area (Å²) in [6, 6.07) is 16.1. The Labute approximate surface area is 128 Å². The third-order valence-electron chi connectivity index (χ3n) is 5.13. The van der Waals surface area contributed by atoms with Crippen LogP contribution in [0.25, 0.3) is 10.8 Å². The molecule has 0 saturated heterocycles. The molecule has 21 heavy (non-hydrogen) atoms. The lowest BCUT2D eigenvalue weighted by Gasteiger charge is -2.36. The molecule has 3 unspecified atom stereocenters. The Morgan fingerprint density at radius 3 is 2.24 bits per heavy atom. The van der Waals surface area contributed by atoms with Gasteiger partial charge in [-0.05, 0) is 66.5 Å². The molecule has 0 bridgehead atoms. The number of fused-ring (bicyclic) bond motifs is 1. The fourth-order valence-corrected chi connectivity index (χ4v) is 4.36. The number of nitrogens with one attached hydrogen (secondary N) is 1. The van der Waals surface area contributed by atoms with Crippen LogP contribution >= 0.6 is 0 Å². The second kappa shape index (κ2) is 6.19. The van der Waals surface area contributed by atoms with E-state index in [-0.39, 0.29) is 0 Å². The van der Waals surface area contributed by atoms with Crippen LogP contribution in [-0.4, -0.2) is 7.05 Å². The Balaban J connectivity index is 1.90. The van der Waals surface area contributed by atoms with Gasteiger partial charge >= 0.3 is 0 Å². The molecule has 0 aromatic heterocycles. The summed E-state index contributed by atoms with van der Waals surface area (Å²) in [4.78, 5) is 0. The molecule has 3 rings (SSSR count). The quantitative estimate of drug-likeness (QED) is 0.818. The van der Waals surface area contributed by atoms with Crippen molar-refractivity contribution in [3.8, 4) is 0 Å². The summed E-state index contributed by atoms with van der Waals surface area (Å²) >= 11 is 0. The summed E-state index contributed by atoms with van der Waals surface area (Å²) < 4.78 is 0. The molecule has 0 radical (unpaired) electrons. The SMILES string of the molecule is CNC(c1ccc2ccccc2c1)C1CC(C)CC(C)C1. The molecule has 2 aromatic carbocycles. The average Bonchev–Trinajstić information content (AvgIpc) is 2.47. The van der Waals surface area contributed by atoms with E-state index in [9.17, 15) is 0 Å². The normalized spacial score (nSPS) is 27.7. The molecule has 1 fully saturated rings. The monoisotopic (exact) mass is 281 g/mol. The summed E-state index contributed by atoms with van der Waals surface area (Å²) in [6.45, 7) is 4.82. The van der Waals surface area contributed by atoms with Crippen LogP contribution in [0.5, 0.6) is 0 Å². The van der Waals surface area contributed by atoms with Crippen molar-refractivity contribution in [2.45, 2.75) is 39.2 Å². The van der Waals surface area contributed by atoms with Crippen molar-refractivity contribution in [3.05, 3.63) is 48.0 Å². The van der Waals surface area contributed by atoms with E-state index in [1.165, 1.54) is 35.6 Å². The molecule has 2 aromatic rings. The molecule has 1 heteroatoms. The van der Waals surface area contributed by atoms with Gasteiger partial charge in [0.05, 0.1) is 0 Å². The van der Waals surface area contributed by atoms with Crippen LogP contribution < -0.4 is 5.32 Å². The van der Waals surface area contributed by atoms with Crippen LogP contribution in [0.1, 0.15) is 44.7 Å². The Morgan fingerprint density at radius 2 is 1.57 bits per heavy atom. The lowest BCUT2D eigenvalue weighted by molar-refractivity contribution is 0.180. The standard InChI is InChI=1S/C20H27N/c1-14-10-15(2)12-19(11-14)20(21-3)18-9-8-16-6-4-5-7-17(16)13-18/h4-9,13-15,19-21H,10-12H2,1-3H3. The van der Waals surface area contributed by atoms with E-state index in [0.717, 1.165) is 17.8 Å². The van der Waals surface area contributed by atoms with E-state index < -0.39 is 0 Å². The number of hydrogen-bond donors (Lipinski definition) is 1. The number of rotatable bonds is 3. The first-order valence-corrected chi connectivity index (χ1v) is 8.33. The predicted octanol–water partition coefficient (Wildman–Crippen LogP) is 5.17. The Morgan fingerprint density at radius 1 is 0.905 bits per heavy atom. The maximum absolute atomic E-state index is 3.59. The highest BCUT2D eigenvalue weighted by Crippen LogP contribution is 2.40. The van der Waals surface area contributed by atoms with Crippen molar-refractivity contribution in [3.63, 3.8) is 0 Å². The van der Waals surface area contributed by atoms with E-state index in [0.29, 0.717) is 6.04 Å². The average molecular weight is 281 g/mol. The molecular formula is C20H27N. The predicted molar refractivity (Wildman–Crippen MR) is 91.4 cm³/mol. The van der Waals surface area contributed by atoms with Gasteiger partial charge in [-0.15, -0.1) is 0 Å². The van der Waals surface area contributed by atoms with Gasteiger partial charge < -0.3 is 5.32 Å². The Hall–Kier alpha value is -1.34. The van der Waals surface area contributed by atoms with E-state index >= 15 is 0 Å². The van der Waals surface area contributed by atoms with Gasteiger partial charge in [-0.1, -0.05) is 50.2 Å². The highest BCUT2D eigenvalue weighted by Gasteiger charge is 2.30. The second-order valence-electron chi connectivity index (χ2n) is 7.05. The van der Waals surface area contributed by atoms with Gasteiger partial charge in [0.15, 0.2) is 0 Å². The number of benzene rings is 2. The number of hydrogen-bond acceptors (Lipinski definition) is 1. The summed E-state index contributed by atoms with van der Waals surface area (Å²) in [6.07, 6.45) is 4.09. The van der Waals surface area contributed by atoms with Crippen LogP contribution in [0.4, 0.5) is 0 Å². The van der Waals surface area contributed by atoms with Crippen LogP contribution in [0.3, 0.4) is 0 Å². The molecule has 0 heterocycles. The van der Waals surface area contributed by atoms with Gasteiger partial charge in [0.2, 0.25) is 0 Å². The highest BCUT2D eigenvalue weighted by atomic mass is 14.9. The first-order valence-electron chi connectivity index (χ1n) is 8.33. The van der Waals surface area contributed by atoms with Crippen molar-refractivity contribution in [2.75, 3.05) is 7.05 Å². The van der Waals surface area contributed by atoms with Crippen LogP contribution in [0.15, 0.2) is 42.5 Å². The maximum atomic E-state index is 3.59. The lowest BCUT2D eigenvalue weighted by Crippen LogP contribution is -2.31. The van der Waals surface area contributed by atoms with Crippen molar-refractivity contribution in [2.24, 2.45) is 17.8 Å². The third-order valence-corrected chi connectivity index (χ3v) is 5.13. The molecular weight excluding hydrogens is 254 g/mol. The smallest absolute Gasteiger partial charge is 0.0346 e. The van der Waals surface area contributed by atoms with Crippen molar-refractivity contribution >= 4 is 10.8 Å². The van der Waals surface area contributed by atoms with Crippen molar-refractivity contribution in [1.29, 1.82) is 0 Å². The molecule has 0 aliphatic heterocycles. The zero-order chi connectivity index (χ0) is 14.8. The topological polar surface area (TPSA) is 12.0 Å². The first kappa shape index (κ1) is 14.6.